The molecule has 1 saturated heterocycles. The van der Waals surface area contributed by atoms with Gasteiger partial charge in [-0.2, -0.15) is 0 Å². The van der Waals surface area contributed by atoms with Gasteiger partial charge in [-0.05, 0) is 30.7 Å². The van der Waals surface area contributed by atoms with Gasteiger partial charge in [0.05, 0.1) is 11.5 Å². The molecule has 0 spiro atoms. The Kier molecular flexibility index (Phi) is 4.30. The Hall–Kier alpha value is -0.580. The van der Waals surface area contributed by atoms with E-state index in [9.17, 15) is 8.42 Å². The Morgan fingerprint density at radius 2 is 2.22 bits per heavy atom. The van der Waals surface area contributed by atoms with Crippen molar-refractivity contribution in [2.45, 2.75) is 25.9 Å². The fourth-order valence-corrected chi connectivity index (χ4v) is 4.41. The van der Waals surface area contributed by atoms with Crippen LogP contribution in [0.4, 0.5) is 0 Å². The summed E-state index contributed by atoms with van der Waals surface area (Å²) in [6, 6.07) is 7.89. The molecule has 5 heteroatoms. The van der Waals surface area contributed by atoms with Crippen LogP contribution in [-0.2, 0) is 16.4 Å². The van der Waals surface area contributed by atoms with Crippen molar-refractivity contribution in [1.82, 2.24) is 4.90 Å². The maximum Gasteiger partial charge on any atom is 0.151 e. The Labute approximate surface area is 114 Å². The maximum atomic E-state index is 11.5. The highest BCUT2D eigenvalue weighted by Crippen LogP contribution is 2.20. The van der Waals surface area contributed by atoms with Crippen LogP contribution in [0.3, 0.4) is 0 Å². The van der Waals surface area contributed by atoms with E-state index in [0.717, 1.165) is 30.1 Å². The summed E-state index contributed by atoms with van der Waals surface area (Å²) in [4.78, 5) is 2.22. The van der Waals surface area contributed by atoms with Gasteiger partial charge in [-0.1, -0.05) is 30.7 Å². The molecule has 1 atom stereocenters. The van der Waals surface area contributed by atoms with Gasteiger partial charge in [0.25, 0.3) is 0 Å². The predicted molar refractivity (Wildman–Crippen MR) is 74.6 cm³/mol. The van der Waals surface area contributed by atoms with Crippen LogP contribution in [-0.4, -0.2) is 37.4 Å². The van der Waals surface area contributed by atoms with E-state index in [1.54, 1.807) is 0 Å². The van der Waals surface area contributed by atoms with Crippen molar-refractivity contribution in [3.8, 4) is 0 Å². The van der Waals surface area contributed by atoms with E-state index >= 15 is 0 Å². The third-order valence-electron chi connectivity index (χ3n) is 3.41. The molecular formula is C13H18ClNO2S. The zero-order valence-corrected chi connectivity index (χ0v) is 12.0. The number of nitrogens with zero attached hydrogens (tertiary/aromatic N) is 1. The predicted octanol–water partition coefficient (Wildman–Crippen LogP) is 2.35. The van der Waals surface area contributed by atoms with Gasteiger partial charge in [0.15, 0.2) is 9.84 Å². The number of hydrogen-bond acceptors (Lipinski definition) is 3. The van der Waals surface area contributed by atoms with E-state index in [4.69, 9.17) is 11.6 Å². The molecule has 0 amide bonds. The summed E-state index contributed by atoms with van der Waals surface area (Å²) in [6.45, 7) is 3.68. The first-order chi connectivity index (χ1) is 8.50. The van der Waals surface area contributed by atoms with E-state index in [1.165, 1.54) is 0 Å². The molecule has 18 heavy (non-hydrogen) atoms. The summed E-state index contributed by atoms with van der Waals surface area (Å²) in [5.41, 5.74) is 1.13. The molecule has 2 rings (SSSR count). The average molecular weight is 288 g/mol. The summed E-state index contributed by atoms with van der Waals surface area (Å²) >= 11 is 5.96. The minimum Gasteiger partial charge on any atom is -0.295 e. The summed E-state index contributed by atoms with van der Waals surface area (Å²) in [7, 11) is -2.82. The van der Waals surface area contributed by atoms with Crippen molar-refractivity contribution in [1.29, 1.82) is 0 Å². The maximum absolute atomic E-state index is 11.5. The first-order valence-corrected chi connectivity index (χ1v) is 8.39. The molecule has 1 fully saturated rings. The van der Waals surface area contributed by atoms with Crippen LogP contribution < -0.4 is 0 Å². The first kappa shape index (κ1) is 13.8. The highest BCUT2D eigenvalue weighted by Gasteiger charge is 2.31. The normalized spacial score (nSPS) is 22.5. The third-order valence-corrected chi connectivity index (χ3v) is 5.39. The molecule has 3 nitrogen and oxygen atoms in total. The van der Waals surface area contributed by atoms with Gasteiger partial charge >= 0.3 is 0 Å². The van der Waals surface area contributed by atoms with E-state index in [0.29, 0.717) is 11.5 Å². The van der Waals surface area contributed by atoms with Gasteiger partial charge in [0.2, 0.25) is 0 Å². The molecular weight excluding hydrogens is 270 g/mol. The number of rotatable bonds is 4. The zero-order chi connectivity index (χ0) is 13.2. The molecule has 1 aromatic carbocycles. The second kappa shape index (κ2) is 5.59. The van der Waals surface area contributed by atoms with E-state index < -0.39 is 9.84 Å². The molecule has 0 aromatic heterocycles. The van der Waals surface area contributed by atoms with Crippen LogP contribution >= 0.6 is 11.6 Å². The summed E-state index contributed by atoms with van der Waals surface area (Å²) in [5, 5.41) is 0.725. The Morgan fingerprint density at radius 1 is 1.44 bits per heavy atom. The van der Waals surface area contributed by atoms with Crippen LogP contribution in [0.15, 0.2) is 24.3 Å². The second-order valence-corrected chi connectivity index (χ2v) is 7.42. The van der Waals surface area contributed by atoms with Crippen LogP contribution in [0, 0.1) is 0 Å². The zero-order valence-electron chi connectivity index (χ0n) is 10.5. The van der Waals surface area contributed by atoms with Crippen molar-refractivity contribution in [2.24, 2.45) is 0 Å². The van der Waals surface area contributed by atoms with Gasteiger partial charge in [-0.3, -0.25) is 4.90 Å². The smallest absolute Gasteiger partial charge is 0.151 e. The van der Waals surface area contributed by atoms with E-state index in [2.05, 4.69) is 11.8 Å². The highest BCUT2D eigenvalue weighted by molar-refractivity contribution is 7.91. The minimum absolute atomic E-state index is 0.152. The standard InChI is InChI=1S/C13H18ClNO2S/c1-2-15(13-6-7-18(16,17)10-13)9-11-4-3-5-12(14)8-11/h3-5,8,13H,2,6-7,9-10H2,1H3/t13-/m0/s1. The second-order valence-electron chi connectivity index (χ2n) is 4.75. The van der Waals surface area contributed by atoms with Crippen LogP contribution in [0.25, 0.3) is 0 Å². The lowest BCUT2D eigenvalue weighted by Crippen LogP contribution is -2.35. The van der Waals surface area contributed by atoms with Crippen LogP contribution in [0.2, 0.25) is 5.02 Å². The molecule has 0 bridgehead atoms. The quantitative estimate of drug-likeness (QED) is 0.853. The molecule has 0 N–H and O–H groups in total. The molecule has 0 radical (unpaired) electrons. The van der Waals surface area contributed by atoms with Crippen molar-refractivity contribution in [3.05, 3.63) is 34.9 Å². The fourth-order valence-electron chi connectivity index (χ4n) is 2.43. The topological polar surface area (TPSA) is 37.4 Å². The number of hydrogen-bond donors (Lipinski definition) is 0. The molecule has 1 aromatic rings. The highest BCUT2D eigenvalue weighted by atomic mass is 35.5. The SMILES string of the molecule is CCN(Cc1cccc(Cl)c1)[C@H]1CCS(=O)(=O)C1. The first-order valence-electron chi connectivity index (χ1n) is 6.19. The van der Waals surface area contributed by atoms with Crippen molar-refractivity contribution in [3.63, 3.8) is 0 Å². The lowest BCUT2D eigenvalue weighted by molar-refractivity contribution is 0.215. The third kappa shape index (κ3) is 3.46. The van der Waals surface area contributed by atoms with Gasteiger partial charge in [-0.25, -0.2) is 8.42 Å². The van der Waals surface area contributed by atoms with Gasteiger partial charge < -0.3 is 0 Å². The van der Waals surface area contributed by atoms with Gasteiger partial charge in [0.1, 0.15) is 0 Å². The molecule has 100 valence electrons. The van der Waals surface area contributed by atoms with Crippen molar-refractivity contribution in [2.75, 3.05) is 18.1 Å². The lowest BCUT2D eigenvalue weighted by Gasteiger charge is -2.26. The number of halogens is 1. The monoisotopic (exact) mass is 287 g/mol. The number of sulfone groups is 1. The molecule has 1 heterocycles. The largest absolute Gasteiger partial charge is 0.295 e. The van der Waals surface area contributed by atoms with Crippen LogP contribution in [0.5, 0.6) is 0 Å². The molecule has 0 saturated carbocycles. The fraction of sp³-hybridized carbons (Fsp3) is 0.538. The number of benzene rings is 1. The Morgan fingerprint density at radius 3 is 2.78 bits per heavy atom. The average Bonchev–Trinajstić information content (AvgIpc) is 2.66. The summed E-state index contributed by atoms with van der Waals surface area (Å²) < 4.78 is 23.0. The van der Waals surface area contributed by atoms with Gasteiger partial charge in [0, 0.05) is 17.6 Å². The minimum atomic E-state index is -2.82. The molecule has 1 aliphatic heterocycles. The van der Waals surface area contributed by atoms with E-state index in [-0.39, 0.29) is 6.04 Å². The summed E-state index contributed by atoms with van der Waals surface area (Å²) in [6.07, 6.45) is 0.747. The molecule has 1 aliphatic rings. The Balaban J connectivity index is 2.06. The van der Waals surface area contributed by atoms with Crippen LogP contribution in [0.1, 0.15) is 18.9 Å². The van der Waals surface area contributed by atoms with Crippen molar-refractivity contribution >= 4 is 21.4 Å². The summed E-state index contributed by atoms with van der Waals surface area (Å²) in [5.74, 6) is 0.616. The lowest BCUT2D eigenvalue weighted by atomic mass is 10.1. The molecule has 0 aliphatic carbocycles. The Bertz CT molecular complexity index is 515. The molecule has 0 unspecified atom stereocenters. The van der Waals surface area contributed by atoms with Crippen molar-refractivity contribution < 1.29 is 8.42 Å². The van der Waals surface area contributed by atoms with E-state index in [1.807, 2.05) is 24.3 Å². The van der Waals surface area contributed by atoms with Gasteiger partial charge in [-0.15, -0.1) is 0 Å².